The van der Waals surface area contributed by atoms with Crippen LogP contribution in [0.4, 0.5) is 29.0 Å². The van der Waals surface area contributed by atoms with E-state index in [0.29, 0.717) is 17.2 Å². The van der Waals surface area contributed by atoms with Crippen LogP contribution in [0.15, 0.2) is 59.3 Å². The van der Waals surface area contributed by atoms with Crippen LogP contribution >= 0.6 is 0 Å². The monoisotopic (exact) mass is 454 g/mol. The molecule has 4 aromatic heterocycles. The number of nitriles is 1. The maximum absolute atomic E-state index is 12.3. The zero-order valence-corrected chi connectivity index (χ0v) is 18.1. The molecule has 0 aliphatic heterocycles. The minimum atomic E-state index is -0.706. The number of carbonyl (C=O) groups excluding carboxylic acids is 1. The lowest BCUT2D eigenvalue weighted by atomic mass is 10.1. The number of aromatic nitrogens is 6. The first kappa shape index (κ1) is 22.0. The number of pyridine rings is 2. The fraction of sp³-hybridized carbons (Fsp3) is 0.0952. The molecule has 0 unspecified atom stereocenters. The second-order valence-corrected chi connectivity index (χ2v) is 6.77. The third-order valence-electron chi connectivity index (χ3n) is 4.66. The zero-order chi connectivity index (χ0) is 24.1. The van der Waals surface area contributed by atoms with Crippen molar-refractivity contribution >= 4 is 34.9 Å². The largest absolute Gasteiger partial charge is 0.371 e. The van der Waals surface area contributed by atoms with Crippen LogP contribution in [0.3, 0.4) is 0 Å². The summed E-state index contributed by atoms with van der Waals surface area (Å²) in [4.78, 5) is 29.2. The Hall–Kier alpha value is -5.25. The number of carbonyl (C=O) groups is 1. The van der Waals surface area contributed by atoms with E-state index in [9.17, 15) is 10.1 Å². The number of amides is 1. The van der Waals surface area contributed by atoms with E-state index in [1.807, 2.05) is 6.07 Å². The molecule has 13 heteroatoms. The predicted molar refractivity (Wildman–Crippen MR) is 123 cm³/mol. The summed E-state index contributed by atoms with van der Waals surface area (Å²) < 4.78 is 1.29. The van der Waals surface area contributed by atoms with Gasteiger partial charge in [0.1, 0.15) is 29.0 Å². The molecule has 168 valence electrons. The van der Waals surface area contributed by atoms with Crippen molar-refractivity contribution in [3.63, 3.8) is 0 Å². The number of nitrogens with zero attached hydrogens (tertiary/aromatic N) is 9. The van der Waals surface area contributed by atoms with Gasteiger partial charge in [-0.2, -0.15) is 15.0 Å². The number of azo groups is 1. The lowest BCUT2D eigenvalue weighted by Crippen LogP contribution is -2.17. The number of rotatable bonds is 7. The molecule has 0 aliphatic carbocycles. The van der Waals surface area contributed by atoms with Crippen molar-refractivity contribution in [3.05, 3.63) is 65.7 Å². The van der Waals surface area contributed by atoms with Crippen LogP contribution in [0.2, 0.25) is 0 Å². The van der Waals surface area contributed by atoms with Gasteiger partial charge in [-0.15, -0.1) is 10.2 Å². The SMILES string of the molecule is CNc1nc(Nc2ccccn2)c(C(N)=O)c(C)c1N=Nc1c(C#N)cnn1-c1ncccn1. The van der Waals surface area contributed by atoms with E-state index >= 15 is 0 Å². The average molecular weight is 454 g/mol. The van der Waals surface area contributed by atoms with E-state index in [0.717, 1.165) is 0 Å². The molecule has 4 rings (SSSR count). The van der Waals surface area contributed by atoms with Crippen molar-refractivity contribution in [2.24, 2.45) is 16.0 Å². The van der Waals surface area contributed by atoms with Crippen molar-refractivity contribution in [2.45, 2.75) is 6.92 Å². The van der Waals surface area contributed by atoms with Crippen LogP contribution in [-0.4, -0.2) is 42.7 Å². The van der Waals surface area contributed by atoms with Gasteiger partial charge in [0.2, 0.25) is 0 Å². The van der Waals surface area contributed by atoms with Crippen LogP contribution < -0.4 is 16.4 Å². The Kier molecular flexibility index (Phi) is 6.13. The van der Waals surface area contributed by atoms with E-state index in [-0.39, 0.29) is 34.4 Å². The Bertz CT molecular complexity index is 1410. The Morgan fingerprint density at radius 3 is 2.53 bits per heavy atom. The summed E-state index contributed by atoms with van der Waals surface area (Å²) in [5, 5.41) is 28.1. The van der Waals surface area contributed by atoms with Gasteiger partial charge in [-0.1, -0.05) is 6.07 Å². The van der Waals surface area contributed by atoms with Crippen LogP contribution in [0.25, 0.3) is 5.95 Å². The topological polar surface area (TPSA) is 185 Å². The summed E-state index contributed by atoms with van der Waals surface area (Å²) in [6.45, 7) is 1.67. The van der Waals surface area contributed by atoms with Crippen molar-refractivity contribution in [1.29, 1.82) is 5.26 Å². The number of primary amides is 1. The maximum Gasteiger partial charge on any atom is 0.252 e. The van der Waals surface area contributed by atoms with Crippen LogP contribution in [0, 0.1) is 18.3 Å². The normalized spacial score (nSPS) is 10.7. The molecule has 4 heterocycles. The van der Waals surface area contributed by atoms with Crippen molar-refractivity contribution in [2.75, 3.05) is 17.7 Å². The second kappa shape index (κ2) is 9.49. The van der Waals surface area contributed by atoms with E-state index in [1.54, 1.807) is 44.4 Å². The molecular weight excluding hydrogens is 436 g/mol. The van der Waals surface area contributed by atoms with Gasteiger partial charge >= 0.3 is 0 Å². The zero-order valence-electron chi connectivity index (χ0n) is 18.1. The molecule has 1 amide bonds. The number of anilines is 3. The Balaban J connectivity index is 1.82. The molecule has 4 N–H and O–H groups in total. The highest BCUT2D eigenvalue weighted by Crippen LogP contribution is 2.36. The summed E-state index contributed by atoms with van der Waals surface area (Å²) in [5.41, 5.74) is 6.63. The van der Waals surface area contributed by atoms with Gasteiger partial charge in [0.05, 0.1) is 11.8 Å². The Morgan fingerprint density at radius 1 is 1.12 bits per heavy atom. The first-order valence-corrected chi connectivity index (χ1v) is 9.91. The molecule has 0 bridgehead atoms. The number of hydrogen-bond acceptors (Lipinski definition) is 11. The lowest BCUT2D eigenvalue weighted by Gasteiger charge is -2.15. The predicted octanol–water partition coefficient (Wildman–Crippen LogP) is 2.93. The molecule has 0 radical (unpaired) electrons. The molecule has 4 aromatic rings. The number of nitrogens with two attached hydrogens (primary N) is 1. The molecule has 0 aliphatic rings. The van der Waals surface area contributed by atoms with E-state index < -0.39 is 5.91 Å². The van der Waals surface area contributed by atoms with Gasteiger partial charge in [-0.05, 0) is 30.7 Å². The average Bonchev–Trinajstić information content (AvgIpc) is 3.27. The number of hydrogen-bond donors (Lipinski definition) is 3. The quantitative estimate of drug-likeness (QED) is 0.353. The molecule has 13 nitrogen and oxygen atoms in total. The summed E-state index contributed by atoms with van der Waals surface area (Å²) in [5.74, 6) is 0.653. The first-order valence-electron chi connectivity index (χ1n) is 9.91. The third kappa shape index (κ3) is 4.23. The fourth-order valence-corrected chi connectivity index (χ4v) is 3.10. The minimum absolute atomic E-state index is 0.117. The summed E-state index contributed by atoms with van der Waals surface area (Å²) >= 11 is 0. The van der Waals surface area contributed by atoms with Crippen molar-refractivity contribution in [1.82, 2.24) is 29.7 Å². The molecule has 34 heavy (non-hydrogen) atoms. The van der Waals surface area contributed by atoms with Crippen molar-refractivity contribution in [3.8, 4) is 12.0 Å². The second-order valence-electron chi connectivity index (χ2n) is 6.77. The molecule has 0 atom stereocenters. The van der Waals surface area contributed by atoms with E-state index in [2.05, 4.69) is 45.9 Å². The molecule has 0 spiro atoms. The first-order chi connectivity index (χ1) is 16.5. The van der Waals surface area contributed by atoms with E-state index in [1.165, 1.54) is 23.3 Å². The van der Waals surface area contributed by atoms with Crippen LogP contribution in [-0.2, 0) is 0 Å². The summed E-state index contributed by atoms with van der Waals surface area (Å²) in [6, 6.07) is 8.95. The van der Waals surface area contributed by atoms with Crippen LogP contribution in [0.5, 0.6) is 0 Å². The van der Waals surface area contributed by atoms with Crippen LogP contribution in [0.1, 0.15) is 21.5 Å². The molecule has 0 fully saturated rings. The summed E-state index contributed by atoms with van der Waals surface area (Å²) in [6.07, 6.45) is 6.02. The minimum Gasteiger partial charge on any atom is -0.371 e. The molecule has 0 saturated heterocycles. The van der Waals surface area contributed by atoms with Gasteiger partial charge in [0, 0.05) is 25.6 Å². The van der Waals surface area contributed by atoms with Gasteiger partial charge < -0.3 is 16.4 Å². The standard InChI is InChI=1S/C21H18N12O/c1-12-15(17(23)34)18(29-14-6-3-4-7-25-14)30-19(24-2)16(12)31-32-20-13(10-22)11-28-33(20)21-26-8-5-9-27-21/h3-9,11H,1-2H3,(H2,23,34)(H2,24,25,29,30). The van der Waals surface area contributed by atoms with Crippen molar-refractivity contribution < 1.29 is 4.79 Å². The fourth-order valence-electron chi connectivity index (χ4n) is 3.10. The van der Waals surface area contributed by atoms with E-state index in [4.69, 9.17) is 5.73 Å². The lowest BCUT2D eigenvalue weighted by molar-refractivity contribution is 0.100. The number of nitrogens with one attached hydrogen (secondary N) is 2. The third-order valence-corrected chi connectivity index (χ3v) is 4.66. The molecule has 0 saturated carbocycles. The highest BCUT2D eigenvalue weighted by molar-refractivity contribution is 6.02. The molecule has 0 aromatic carbocycles. The Morgan fingerprint density at radius 2 is 1.88 bits per heavy atom. The highest BCUT2D eigenvalue weighted by atomic mass is 16.1. The van der Waals surface area contributed by atoms with Gasteiger partial charge in [-0.3, -0.25) is 4.79 Å². The summed E-state index contributed by atoms with van der Waals surface area (Å²) in [7, 11) is 1.65. The maximum atomic E-state index is 12.3. The van der Waals surface area contributed by atoms with Gasteiger partial charge in [0.15, 0.2) is 11.6 Å². The van der Waals surface area contributed by atoms with Gasteiger partial charge in [-0.25, -0.2) is 19.9 Å². The molecular formula is C21H18N12O. The van der Waals surface area contributed by atoms with Gasteiger partial charge in [0.25, 0.3) is 11.9 Å². The Labute approximate surface area is 193 Å². The smallest absolute Gasteiger partial charge is 0.252 e. The highest BCUT2D eigenvalue weighted by Gasteiger charge is 2.22.